The van der Waals surface area contributed by atoms with E-state index in [2.05, 4.69) is 5.32 Å². The predicted molar refractivity (Wildman–Crippen MR) is 90.3 cm³/mol. The third-order valence-corrected chi connectivity index (χ3v) is 5.03. The fourth-order valence-corrected chi connectivity index (χ4v) is 3.77. The van der Waals surface area contributed by atoms with Crippen LogP contribution < -0.4 is 5.32 Å². The Hall–Kier alpha value is -1.84. The number of aryl methyl sites for hydroxylation is 1. The number of hydrogen-bond acceptors (Lipinski definition) is 2. The highest BCUT2D eigenvalue weighted by Crippen LogP contribution is 2.23. The van der Waals surface area contributed by atoms with Crippen LogP contribution >= 0.6 is 0 Å². The number of hydrogen-bond donors (Lipinski definition) is 1. The van der Waals surface area contributed by atoms with Gasteiger partial charge in [0.05, 0.1) is 0 Å². The minimum atomic E-state index is -0.301. The van der Waals surface area contributed by atoms with Gasteiger partial charge in [-0.2, -0.15) is 0 Å². The Labute approximate surface area is 138 Å². The lowest BCUT2D eigenvalue weighted by molar-refractivity contribution is -0.125. The van der Waals surface area contributed by atoms with Crippen molar-refractivity contribution in [2.75, 3.05) is 6.54 Å². The van der Waals surface area contributed by atoms with Crippen LogP contribution in [0.5, 0.6) is 0 Å². The first kappa shape index (κ1) is 16.0. The average molecular weight is 314 g/mol. The highest BCUT2D eigenvalue weighted by Gasteiger charge is 2.35. The van der Waals surface area contributed by atoms with Crippen molar-refractivity contribution in [1.82, 2.24) is 10.2 Å². The summed E-state index contributed by atoms with van der Waals surface area (Å²) >= 11 is 0. The van der Waals surface area contributed by atoms with Crippen LogP contribution in [0.25, 0.3) is 0 Å². The van der Waals surface area contributed by atoms with E-state index >= 15 is 0 Å². The number of benzene rings is 1. The minimum Gasteiger partial charge on any atom is -0.352 e. The molecule has 3 rings (SSSR count). The molecule has 2 fully saturated rings. The smallest absolute Gasteiger partial charge is 0.254 e. The molecular weight excluding hydrogens is 288 g/mol. The van der Waals surface area contributed by atoms with E-state index in [0.717, 1.165) is 31.2 Å². The fraction of sp³-hybridized carbons (Fsp3) is 0.579. The van der Waals surface area contributed by atoms with Crippen LogP contribution in [0, 0.1) is 6.92 Å². The summed E-state index contributed by atoms with van der Waals surface area (Å²) in [6, 6.07) is 7.61. The highest BCUT2D eigenvalue weighted by molar-refractivity contribution is 5.98. The number of rotatable bonds is 3. The van der Waals surface area contributed by atoms with E-state index in [1.165, 1.54) is 19.3 Å². The second-order valence-corrected chi connectivity index (χ2v) is 6.87. The molecule has 0 aromatic heterocycles. The van der Waals surface area contributed by atoms with E-state index in [9.17, 15) is 9.59 Å². The molecule has 1 heterocycles. The molecule has 0 radical (unpaired) electrons. The van der Waals surface area contributed by atoms with Crippen molar-refractivity contribution in [2.45, 2.75) is 64.0 Å². The van der Waals surface area contributed by atoms with E-state index in [4.69, 9.17) is 0 Å². The molecule has 2 amide bonds. The third-order valence-electron chi connectivity index (χ3n) is 5.03. The molecule has 2 aliphatic rings. The van der Waals surface area contributed by atoms with Gasteiger partial charge in [0.1, 0.15) is 6.04 Å². The van der Waals surface area contributed by atoms with E-state index < -0.39 is 0 Å². The fourth-order valence-electron chi connectivity index (χ4n) is 3.77. The van der Waals surface area contributed by atoms with Crippen molar-refractivity contribution in [1.29, 1.82) is 0 Å². The topological polar surface area (TPSA) is 49.4 Å². The molecule has 0 spiro atoms. The Morgan fingerprint density at radius 2 is 1.87 bits per heavy atom. The highest BCUT2D eigenvalue weighted by atomic mass is 16.2. The van der Waals surface area contributed by atoms with Crippen LogP contribution in [-0.2, 0) is 4.79 Å². The summed E-state index contributed by atoms with van der Waals surface area (Å²) < 4.78 is 0. The first-order valence-electron chi connectivity index (χ1n) is 8.83. The first-order valence-corrected chi connectivity index (χ1v) is 8.83. The van der Waals surface area contributed by atoms with Gasteiger partial charge in [0.15, 0.2) is 0 Å². The molecule has 1 aliphatic carbocycles. The lowest BCUT2D eigenvalue weighted by Gasteiger charge is -2.28. The van der Waals surface area contributed by atoms with E-state index in [-0.39, 0.29) is 17.9 Å². The molecule has 4 nitrogen and oxygen atoms in total. The molecule has 1 aliphatic heterocycles. The van der Waals surface area contributed by atoms with Gasteiger partial charge in [-0.1, -0.05) is 37.0 Å². The molecule has 0 unspecified atom stereocenters. The number of nitrogens with one attached hydrogen (secondary N) is 1. The van der Waals surface area contributed by atoms with Gasteiger partial charge in [-0.05, 0) is 44.7 Å². The molecule has 124 valence electrons. The van der Waals surface area contributed by atoms with Crippen LogP contribution in [0.15, 0.2) is 24.3 Å². The van der Waals surface area contributed by atoms with Crippen LogP contribution in [-0.4, -0.2) is 35.3 Å². The van der Waals surface area contributed by atoms with Gasteiger partial charge < -0.3 is 10.2 Å². The molecule has 0 bridgehead atoms. The van der Waals surface area contributed by atoms with Gasteiger partial charge in [-0.25, -0.2) is 0 Å². The van der Waals surface area contributed by atoms with E-state index in [1.54, 1.807) is 4.90 Å². The van der Waals surface area contributed by atoms with Gasteiger partial charge in [0.25, 0.3) is 5.91 Å². The number of nitrogens with zero attached hydrogens (tertiary/aromatic N) is 1. The summed E-state index contributed by atoms with van der Waals surface area (Å²) in [6.45, 7) is 2.66. The van der Waals surface area contributed by atoms with Gasteiger partial charge in [-0.15, -0.1) is 0 Å². The molecule has 1 N–H and O–H groups in total. The molecule has 1 saturated carbocycles. The maximum Gasteiger partial charge on any atom is 0.254 e. The Kier molecular flexibility index (Phi) is 4.99. The summed E-state index contributed by atoms with van der Waals surface area (Å²) in [7, 11) is 0. The zero-order valence-corrected chi connectivity index (χ0v) is 13.9. The summed E-state index contributed by atoms with van der Waals surface area (Å²) in [5, 5.41) is 3.18. The van der Waals surface area contributed by atoms with Gasteiger partial charge in [0, 0.05) is 18.2 Å². The van der Waals surface area contributed by atoms with Crippen LogP contribution in [0.2, 0.25) is 0 Å². The molecule has 23 heavy (non-hydrogen) atoms. The quantitative estimate of drug-likeness (QED) is 0.932. The second-order valence-electron chi connectivity index (χ2n) is 6.87. The Balaban J connectivity index is 1.67. The zero-order chi connectivity index (χ0) is 16.2. The molecular formula is C19H26N2O2. The summed E-state index contributed by atoms with van der Waals surface area (Å²) in [4.78, 5) is 27.1. The van der Waals surface area contributed by atoms with Crippen molar-refractivity contribution >= 4 is 11.8 Å². The standard InChI is InChI=1S/C19H26N2O2/c1-14-7-5-8-15(13-14)19(23)21-12-6-11-17(21)18(22)20-16-9-3-2-4-10-16/h5,7-8,13,16-17H,2-4,6,9-12H2,1H3,(H,20,22)/t17-/m1/s1. The number of carbonyl (C=O) groups excluding carboxylic acids is 2. The molecule has 1 atom stereocenters. The van der Waals surface area contributed by atoms with Gasteiger partial charge in [0.2, 0.25) is 5.91 Å². The summed E-state index contributed by atoms with van der Waals surface area (Å²) in [6.07, 6.45) is 7.49. The van der Waals surface area contributed by atoms with Crippen molar-refractivity contribution in [3.8, 4) is 0 Å². The van der Waals surface area contributed by atoms with Crippen molar-refractivity contribution < 1.29 is 9.59 Å². The maximum absolute atomic E-state index is 12.8. The Morgan fingerprint density at radius 3 is 2.61 bits per heavy atom. The van der Waals surface area contributed by atoms with Crippen LogP contribution in [0.3, 0.4) is 0 Å². The first-order chi connectivity index (χ1) is 11.1. The monoisotopic (exact) mass is 314 g/mol. The van der Waals surface area contributed by atoms with Crippen LogP contribution in [0.1, 0.15) is 60.9 Å². The van der Waals surface area contributed by atoms with E-state index in [0.29, 0.717) is 18.2 Å². The van der Waals surface area contributed by atoms with Crippen molar-refractivity contribution in [2.24, 2.45) is 0 Å². The van der Waals surface area contributed by atoms with Crippen molar-refractivity contribution in [3.63, 3.8) is 0 Å². The Bertz CT molecular complexity index is 578. The van der Waals surface area contributed by atoms with Gasteiger partial charge >= 0.3 is 0 Å². The lowest BCUT2D eigenvalue weighted by Crippen LogP contribution is -2.49. The minimum absolute atomic E-state index is 0.0185. The average Bonchev–Trinajstić information content (AvgIpc) is 3.05. The van der Waals surface area contributed by atoms with Crippen molar-refractivity contribution in [3.05, 3.63) is 35.4 Å². The molecule has 1 saturated heterocycles. The SMILES string of the molecule is Cc1cccc(C(=O)N2CCC[C@@H]2C(=O)NC2CCCCC2)c1. The Morgan fingerprint density at radius 1 is 1.09 bits per heavy atom. The largest absolute Gasteiger partial charge is 0.352 e. The molecule has 1 aromatic rings. The number of amides is 2. The zero-order valence-electron chi connectivity index (χ0n) is 13.9. The normalized spacial score (nSPS) is 22.1. The lowest BCUT2D eigenvalue weighted by atomic mass is 9.95. The molecule has 4 heteroatoms. The molecule has 1 aromatic carbocycles. The maximum atomic E-state index is 12.8. The summed E-state index contributed by atoms with van der Waals surface area (Å²) in [5.74, 6) is 0.0189. The third kappa shape index (κ3) is 3.74. The predicted octanol–water partition coefficient (Wildman–Crippen LogP) is 3.05. The summed E-state index contributed by atoms with van der Waals surface area (Å²) in [5.41, 5.74) is 1.75. The van der Waals surface area contributed by atoms with Gasteiger partial charge in [-0.3, -0.25) is 9.59 Å². The second kappa shape index (κ2) is 7.16. The van der Waals surface area contributed by atoms with E-state index in [1.807, 2.05) is 31.2 Å². The number of likely N-dealkylation sites (tertiary alicyclic amines) is 1. The van der Waals surface area contributed by atoms with Crippen LogP contribution in [0.4, 0.5) is 0 Å². The number of carbonyl (C=O) groups is 2.